The summed E-state index contributed by atoms with van der Waals surface area (Å²) in [6.07, 6.45) is -4.08. The number of hydrazone groups is 1. The average molecular weight is 601 g/mol. The molecule has 39 heavy (non-hydrogen) atoms. The molecule has 0 saturated carbocycles. The molecule has 0 saturated heterocycles. The topological polar surface area (TPSA) is 108 Å². The Balaban J connectivity index is 1.74. The Morgan fingerprint density at radius 2 is 1.64 bits per heavy atom. The lowest BCUT2D eigenvalue weighted by Crippen LogP contribution is -2.39. The van der Waals surface area contributed by atoms with E-state index in [1.54, 1.807) is 49.4 Å². The lowest BCUT2D eigenvalue weighted by atomic mass is 10.1. The van der Waals surface area contributed by atoms with Crippen molar-refractivity contribution in [3.05, 3.63) is 93.5 Å². The first kappa shape index (κ1) is 29.9. The van der Waals surface area contributed by atoms with Crippen molar-refractivity contribution in [1.29, 1.82) is 0 Å². The van der Waals surface area contributed by atoms with Crippen LogP contribution in [0, 0.1) is 0 Å². The summed E-state index contributed by atoms with van der Waals surface area (Å²) < 4.78 is 64.8. The predicted molar refractivity (Wildman–Crippen MR) is 145 cm³/mol. The Hall–Kier alpha value is -3.61. The maximum Gasteiger partial charge on any atom is 0.417 e. The number of hydrogen-bond acceptors (Lipinski definition) is 5. The van der Waals surface area contributed by atoms with Crippen LogP contribution in [0.25, 0.3) is 0 Å². The molecule has 0 spiro atoms. The van der Waals surface area contributed by atoms with Crippen molar-refractivity contribution < 1.29 is 31.2 Å². The van der Waals surface area contributed by atoms with Crippen LogP contribution in [0.5, 0.6) is 0 Å². The zero-order valence-electron chi connectivity index (χ0n) is 20.4. The second-order valence-electron chi connectivity index (χ2n) is 8.21. The van der Waals surface area contributed by atoms with Gasteiger partial charge in [0.2, 0.25) is 10.0 Å². The third-order valence-corrected chi connectivity index (χ3v) is 6.91. The zero-order valence-corrected chi connectivity index (χ0v) is 22.7. The maximum atomic E-state index is 13.2. The average Bonchev–Trinajstić information content (AvgIpc) is 2.85. The highest BCUT2D eigenvalue weighted by Crippen LogP contribution is 2.37. The van der Waals surface area contributed by atoms with Gasteiger partial charge in [-0.25, -0.2) is 13.8 Å². The second kappa shape index (κ2) is 12.1. The number of carbonyl (C=O) groups is 2. The Labute approximate surface area is 232 Å². The highest BCUT2D eigenvalue weighted by molar-refractivity contribution is 7.92. The third-order valence-electron chi connectivity index (χ3n) is 5.20. The summed E-state index contributed by atoms with van der Waals surface area (Å²) in [6.45, 7) is 0.714. The van der Waals surface area contributed by atoms with Crippen molar-refractivity contribution in [2.45, 2.75) is 13.1 Å². The first-order valence-corrected chi connectivity index (χ1v) is 13.6. The van der Waals surface area contributed by atoms with Gasteiger partial charge in [-0.15, -0.1) is 0 Å². The monoisotopic (exact) mass is 600 g/mol. The van der Waals surface area contributed by atoms with E-state index in [2.05, 4.69) is 15.8 Å². The van der Waals surface area contributed by atoms with Gasteiger partial charge in [-0.1, -0.05) is 41.4 Å². The van der Waals surface area contributed by atoms with Crippen LogP contribution in [0.3, 0.4) is 0 Å². The number of alkyl halides is 3. The van der Waals surface area contributed by atoms with Crippen molar-refractivity contribution in [2.24, 2.45) is 5.10 Å². The van der Waals surface area contributed by atoms with Crippen LogP contribution < -0.4 is 15.0 Å². The number of anilines is 2. The molecule has 0 aliphatic rings. The largest absolute Gasteiger partial charge is 0.417 e. The lowest BCUT2D eigenvalue weighted by Gasteiger charge is -2.22. The van der Waals surface area contributed by atoms with E-state index in [0.29, 0.717) is 37.9 Å². The summed E-state index contributed by atoms with van der Waals surface area (Å²) >= 11 is 11.5. The Kier molecular flexibility index (Phi) is 9.26. The van der Waals surface area contributed by atoms with Gasteiger partial charge >= 0.3 is 6.18 Å². The van der Waals surface area contributed by atoms with Crippen LogP contribution in [0.2, 0.25) is 10.0 Å². The summed E-state index contributed by atoms with van der Waals surface area (Å²) in [5.41, 5.74) is 2.17. The van der Waals surface area contributed by atoms with E-state index in [-0.39, 0.29) is 0 Å². The molecular formula is C25H21Cl2F3N4O4S. The minimum atomic E-state index is -4.83. The van der Waals surface area contributed by atoms with Gasteiger partial charge in [0.25, 0.3) is 11.8 Å². The maximum absolute atomic E-state index is 13.2. The van der Waals surface area contributed by atoms with Crippen molar-refractivity contribution in [1.82, 2.24) is 5.43 Å². The molecule has 14 heteroatoms. The third kappa shape index (κ3) is 8.19. The number of sulfonamides is 1. The second-order valence-corrected chi connectivity index (χ2v) is 11.0. The molecule has 3 rings (SSSR count). The SMILES string of the molecule is C/C(=N/NC(=O)CN(c1ccc(Cl)c(C(F)(F)F)c1)S(C)(=O)=O)c1cccc(NC(=O)c2cccc(Cl)c2)c1. The predicted octanol–water partition coefficient (Wildman–Crippen LogP) is 5.57. The number of amides is 2. The summed E-state index contributed by atoms with van der Waals surface area (Å²) in [4.78, 5) is 25.0. The van der Waals surface area contributed by atoms with Crippen LogP contribution in [-0.2, 0) is 21.0 Å². The summed E-state index contributed by atoms with van der Waals surface area (Å²) in [7, 11) is -4.16. The first-order valence-electron chi connectivity index (χ1n) is 11.0. The fourth-order valence-corrected chi connectivity index (χ4v) is 4.58. The molecule has 2 N–H and O–H groups in total. The van der Waals surface area contributed by atoms with Gasteiger partial charge in [-0.3, -0.25) is 13.9 Å². The zero-order chi connectivity index (χ0) is 29.0. The van der Waals surface area contributed by atoms with E-state index < -0.39 is 50.8 Å². The molecule has 8 nitrogen and oxygen atoms in total. The molecule has 0 radical (unpaired) electrons. The Bertz CT molecular complexity index is 1550. The van der Waals surface area contributed by atoms with E-state index in [0.717, 1.165) is 18.4 Å². The number of carbonyl (C=O) groups excluding carboxylic acids is 2. The fraction of sp³-hybridized carbons (Fsp3) is 0.160. The van der Waals surface area contributed by atoms with Crippen LogP contribution in [-0.4, -0.2) is 38.7 Å². The summed E-state index contributed by atoms with van der Waals surface area (Å²) in [6, 6.07) is 15.4. The summed E-state index contributed by atoms with van der Waals surface area (Å²) in [5, 5.41) is 6.46. The molecule has 0 fully saturated rings. The van der Waals surface area contributed by atoms with E-state index in [4.69, 9.17) is 23.2 Å². The number of benzene rings is 3. The molecule has 0 aromatic heterocycles. The Morgan fingerprint density at radius 1 is 0.974 bits per heavy atom. The van der Waals surface area contributed by atoms with E-state index in [1.165, 1.54) is 6.07 Å². The standard InChI is InChI=1S/C25H21Cl2F3N4O4S/c1-15(16-5-4-8-19(12-16)31-24(36)17-6-3-7-18(26)11-17)32-33-23(35)14-34(39(2,37)38)20-9-10-22(27)21(13-20)25(28,29)30/h3-13H,14H2,1-2H3,(H,31,36)(H,33,35)/b32-15-. The normalized spacial score (nSPS) is 12.1. The number of rotatable bonds is 8. The smallest absolute Gasteiger partial charge is 0.322 e. The molecule has 0 aliphatic heterocycles. The van der Waals surface area contributed by atoms with Crippen LogP contribution in [0.4, 0.5) is 24.5 Å². The van der Waals surface area contributed by atoms with Crippen LogP contribution in [0.1, 0.15) is 28.4 Å². The van der Waals surface area contributed by atoms with E-state index >= 15 is 0 Å². The molecule has 0 aliphatic carbocycles. The van der Waals surface area contributed by atoms with Crippen molar-refractivity contribution >= 4 is 62.1 Å². The van der Waals surface area contributed by atoms with Gasteiger partial charge in [-0.2, -0.15) is 18.3 Å². The lowest BCUT2D eigenvalue weighted by molar-refractivity contribution is -0.137. The summed E-state index contributed by atoms with van der Waals surface area (Å²) in [5.74, 6) is -1.30. The molecular weight excluding hydrogens is 580 g/mol. The van der Waals surface area contributed by atoms with Crippen molar-refractivity contribution in [3.63, 3.8) is 0 Å². The number of nitrogens with one attached hydrogen (secondary N) is 2. The molecule has 3 aromatic carbocycles. The minimum absolute atomic E-state index is 0.305. The highest BCUT2D eigenvalue weighted by Gasteiger charge is 2.34. The molecule has 2 amide bonds. The highest BCUT2D eigenvalue weighted by atomic mass is 35.5. The fourth-order valence-electron chi connectivity index (χ4n) is 3.32. The molecule has 0 unspecified atom stereocenters. The molecule has 3 aromatic rings. The van der Waals surface area contributed by atoms with E-state index in [9.17, 15) is 31.2 Å². The number of nitrogens with zero attached hydrogens (tertiary/aromatic N) is 2. The van der Waals surface area contributed by atoms with E-state index in [1.807, 2.05) is 0 Å². The van der Waals surface area contributed by atoms with Gasteiger partial charge in [0.15, 0.2) is 0 Å². The molecule has 0 atom stereocenters. The number of hydrogen-bond donors (Lipinski definition) is 2. The Morgan fingerprint density at radius 3 is 2.28 bits per heavy atom. The van der Waals surface area contributed by atoms with Gasteiger partial charge in [0, 0.05) is 16.3 Å². The van der Waals surface area contributed by atoms with Gasteiger partial charge in [0.05, 0.1) is 28.2 Å². The quantitative estimate of drug-likeness (QED) is 0.260. The van der Waals surface area contributed by atoms with Crippen LogP contribution >= 0.6 is 23.2 Å². The van der Waals surface area contributed by atoms with Crippen molar-refractivity contribution in [3.8, 4) is 0 Å². The van der Waals surface area contributed by atoms with Crippen LogP contribution in [0.15, 0.2) is 71.8 Å². The van der Waals surface area contributed by atoms with Gasteiger partial charge in [0.1, 0.15) is 6.54 Å². The van der Waals surface area contributed by atoms with Gasteiger partial charge < -0.3 is 5.32 Å². The number of halogens is 5. The van der Waals surface area contributed by atoms with Crippen molar-refractivity contribution in [2.75, 3.05) is 22.4 Å². The molecule has 0 bridgehead atoms. The molecule has 0 heterocycles. The van der Waals surface area contributed by atoms with Gasteiger partial charge in [-0.05, 0) is 61.0 Å². The molecule has 206 valence electrons. The minimum Gasteiger partial charge on any atom is -0.322 e. The first-order chi connectivity index (χ1) is 18.1.